The first-order valence-electron chi connectivity index (χ1n) is 8.18. The molecule has 1 aromatic carbocycles. The first-order valence-corrected chi connectivity index (χ1v) is 8.18. The van der Waals surface area contributed by atoms with E-state index in [1.54, 1.807) is 0 Å². The van der Waals surface area contributed by atoms with Crippen LogP contribution in [-0.2, 0) is 0 Å². The van der Waals surface area contributed by atoms with Gasteiger partial charge in [0.25, 0.3) is 0 Å². The van der Waals surface area contributed by atoms with Crippen LogP contribution in [0, 0.1) is 12.3 Å². The van der Waals surface area contributed by atoms with Gasteiger partial charge < -0.3 is 4.98 Å². The fourth-order valence-electron chi connectivity index (χ4n) is 3.16. The van der Waals surface area contributed by atoms with Crippen LogP contribution >= 0.6 is 0 Å². The minimum Gasteiger partial charge on any atom is -0.341 e. The first kappa shape index (κ1) is 14.9. The number of H-pyrrole nitrogens is 1. The number of hydrogen-bond acceptors (Lipinski definition) is 2. The third-order valence-electron chi connectivity index (χ3n) is 4.44. The van der Waals surface area contributed by atoms with Crippen molar-refractivity contribution >= 4 is 0 Å². The second-order valence-electron chi connectivity index (χ2n) is 5.95. The molecular formula is C19H23N3. The molecule has 1 unspecified atom stereocenters. The zero-order valence-corrected chi connectivity index (χ0v) is 13.2. The van der Waals surface area contributed by atoms with Crippen LogP contribution in [0.3, 0.4) is 0 Å². The topological polar surface area (TPSA) is 31.9 Å². The number of imidazole rings is 1. The summed E-state index contributed by atoms with van der Waals surface area (Å²) in [5, 5.41) is 0. The van der Waals surface area contributed by atoms with Gasteiger partial charge in [-0.3, -0.25) is 4.90 Å². The van der Waals surface area contributed by atoms with Crippen LogP contribution < -0.4 is 0 Å². The van der Waals surface area contributed by atoms with Crippen LogP contribution in [0.2, 0.25) is 0 Å². The second-order valence-corrected chi connectivity index (χ2v) is 5.95. The van der Waals surface area contributed by atoms with E-state index in [4.69, 9.17) is 6.42 Å². The van der Waals surface area contributed by atoms with Gasteiger partial charge in [-0.05, 0) is 50.0 Å². The first-order chi connectivity index (χ1) is 10.8. The molecule has 3 rings (SSSR count). The monoisotopic (exact) mass is 293 g/mol. The third-order valence-corrected chi connectivity index (χ3v) is 4.44. The summed E-state index contributed by atoms with van der Waals surface area (Å²) < 4.78 is 0. The minimum absolute atomic E-state index is 0.449. The van der Waals surface area contributed by atoms with Gasteiger partial charge in [0.05, 0.1) is 17.9 Å². The quantitative estimate of drug-likeness (QED) is 0.845. The maximum atomic E-state index is 5.40. The van der Waals surface area contributed by atoms with E-state index in [9.17, 15) is 0 Å². The largest absolute Gasteiger partial charge is 0.341 e. The lowest BCUT2D eigenvalue weighted by Crippen LogP contribution is -2.25. The number of nitrogens with zero attached hydrogens (tertiary/aromatic N) is 2. The van der Waals surface area contributed by atoms with Crippen molar-refractivity contribution in [1.29, 1.82) is 0 Å². The molecule has 0 spiro atoms. The fraction of sp³-hybridized carbons (Fsp3) is 0.421. The average molecular weight is 293 g/mol. The molecule has 0 amide bonds. The number of unbranched alkanes of at least 4 members (excludes halogenated alkanes) is 1. The second kappa shape index (κ2) is 6.81. The van der Waals surface area contributed by atoms with Crippen molar-refractivity contribution in [2.75, 3.05) is 13.1 Å². The van der Waals surface area contributed by atoms with Crippen LogP contribution in [0.25, 0.3) is 11.3 Å². The van der Waals surface area contributed by atoms with E-state index in [-0.39, 0.29) is 0 Å². The van der Waals surface area contributed by atoms with E-state index in [1.807, 2.05) is 18.3 Å². The standard InChI is InChI=1S/C19H23N3/c1-3-5-12-22-13-6-7-18(22)19-20-14-17(21-19)16-10-8-15(4-2)9-11-16/h2,8-11,14,18H,3,5-7,12-13H2,1H3,(H,20,21). The molecule has 3 heteroatoms. The molecule has 0 aliphatic carbocycles. The van der Waals surface area contributed by atoms with Gasteiger partial charge in [0, 0.05) is 5.56 Å². The summed E-state index contributed by atoms with van der Waals surface area (Å²) in [5.41, 5.74) is 3.11. The molecule has 1 atom stereocenters. The molecule has 2 heterocycles. The Hall–Kier alpha value is -2.05. The summed E-state index contributed by atoms with van der Waals surface area (Å²) in [6.45, 7) is 4.61. The van der Waals surface area contributed by atoms with E-state index in [1.165, 1.54) is 38.8 Å². The number of benzene rings is 1. The molecule has 1 aliphatic rings. The summed E-state index contributed by atoms with van der Waals surface area (Å²) >= 11 is 0. The minimum atomic E-state index is 0.449. The zero-order chi connectivity index (χ0) is 15.4. The van der Waals surface area contributed by atoms with Crippen LogP contribution in [0.4, 0.5) is 0 Å². The lowest BCUT2D eigenvalue weighted by atomic mass is 10.1. The summed E-state index contributed by atoms with van der Waals surface area (Å²) in [5.74, 6) is 3.75. The Morgan fingerprint density at radius 3 is 2.91 bits per heavy atom. The van der Waals surface area contributed by atoms with E-state index in [2.05, 4.69) is 39.8 Å². The molecule has 0 radical (unpaired) electrons. The number of nitrogens with one attached hydrogen (secondary N) is 1. The Morgan fingerprint density at radius 2 is 2.18 bits per heavy atom. The SMILES string of the molecule is C#Cc1ccc(-c2cnc(C3CCCN3CCCC)[nH]2)cc1. The Bertz CT molecular complexity index is 648. The summed E-state index contributed by atoms with van der Waals surface area (Å²) in [6, 6.07) is 8.49. The van der Waals surface area contributed by atoms with Crippen molar-refractivity contribution in [3.8, 4) is 23.6 Å². The Balaban J connectivity index is 1.76. The van der Waals surface area contributed by atoms with Crippen LogP contribution in [0.5, 0.6) is 0 Å². The van der Waals surface area contributed by atoms with Crippen molar-refractivity contribution in [3.63, 3.8) is 0 Å². The lowest BCUT2D eigenvalue weighted by molar-refractivity contribution is 0.246. The molecular weight excluding hydrogens is 270 g/mol. The predicted octanol–water partition coefficient (Wildman–Crippen LogP) is 4.00. The maximum Gasteiger partial charge on any atom is 0.123 e. The molecule has 1 saturated heterocycles. The van der Waals surface area contributed by atoms with Crippen molar-refractivity contribution in [3.05, 3.63) is 41.9 Å². The predicted molar refractivity (Wildman–Crippen MR) is 90.4 cm³/mol. The van der Waals surface area contributed by atoms with Gasteiger partial charge in [0.2, 0.25) is 0 Å². The molecule has 2 aromatic rings. The Labute approximate surface area is 132 Å². The van der Waals surface area contributed by atoms with Crippen molar-refractivity contribution in [1.82, 2.24) is 14.9 Å². The highest BCUT2D eigenvalue weighted by molar-refractivity contribution is 5.59. The highest BCUT2D eigenvalue weighted by Crippen LogP contribution is 2.31. The van der Waals surface area contributed by atoms with E-state index in [0.29, 0.717) is 6.04 Å². The Morgan fingerprint density at radius 1 is 1.36 bits per heavy atom. The number of terminal acetylenes is 1. The van der Waals surface area contributed by atoms with Crippen molar-refractivity contribution in [2.45, 2.75) is 38.6 Å². The summed E-state index contributed by atoms with van der Waals surface area (Å²) in [6.07, 6.45) is 12.3. The van der Waals surface area contributed by atoms with Gasteiger partial charge in [0.15, 0.2) is 0 Å². The molecule has 1 N–H and O–H groups in total. The van der Waals surface area contributed by atoms with Gasteiger partial charge in [0.1, 0.15) is 5.82 Å². The van der Waals surface area contributed by atoms with Crippen molar-refractivity contribution in [2.24, 2.45) is 0 Å². The summed E-state index contributed by atoms with van der Waals surface area (Å²) in [7, 11) is 0. The maximum absolute atomic E-state index is 5.40. The van der Waals surface area contributed by atoms with E-state index >= 15 is 0 Å². The normalized spacial score (nSPS) is 18.5. The number of rotatable bonds is 5. The molecule has 1 aliphatic heterocycles. The molecule has 114 valence electrons. The molecule has 1 fully saturated rings. The molecule has 0 saturated carbocycles. The van der Waals surface area contributed by atoms with Gasteiger partial charge in [-0.25, -0.2) is 4.98 Å². The van der Waals surface area contributed by atoms with Gasteiger partial charge in [-0.2, -0.15) is 0 Å². The smallest absolute Gasteiger partial charge is 0.123 e. The highest BCUT2D eigenvalue weighted by atomic mass is 15.2. The average Bonchev–Trinajstić information content (AvgIpc) is 3.21. The molecule has 1 aromatic heterocycles. The van der Waals surface area contributed by atoms with E-state index in [0.717, 1.165) is 22.6 Å². The van der Waals surface area contributed by atoms with Crippen LogP contribution in [0.1, 0.15) is 50.0 Å². The van der Waals surface area contributed by atoms with Crippen molar-refractivity contribution < 1.29 is 0 Å². The van der Waals surface area contributed by atoms with Gasteiger partial charge in [-0.1, -0.05) is 31.4 Å². The van der Waals surface area contributed by atoms with E-state index < -0.39 is 0 Å². The Kier molecular flexibility index (Phi) is 4.60. The molecule has 0 bridgehead atoms. The number of aromatic amines is 1. The van der Waals surface area contributed by atoms with Crippen LogP contribution in [0.15, 0.2) is 30.5 Å². The number of aromatic nitrogens is 2. The number of likely N-dealkylation sites (tertiary alicyclic amines) is 1. The third kappa shape index (κ3) is 3.08. The zero-order valence-electron chi connectivity index (χ0n) is 13.2. The van der Waals surface area contributed by atoms with Crippen LogP contribution in [-0.4, -0.2) is 28.0 Å². The molecule has 3 nitrogen and oxygen atoms in total. The fourth-order valence-corrected chi connectivity index (χ4v) is 3.16. The lowest BCUT2D eigenvalue weighted by Gasteiger charge is -2.22. The van der Waals surface area contributed by atoms with Gasteiger partial charge in [-0.15, -0.1) is 6.42 Å². The molecule has 22 heavy (non-hydrogen) atoms. The number of hydrogen-bond donors (Lipinski definition) is 1. The van der Waals surface area contributed by atoms with Gasteiger partial charge >= 0.3 is 0 Å². The highest BCUT2D eigenvalue weighted by Gasteiger charge is 2.27. The summed E-state index contributed by atoms with van der Waals surface area (Å²) in [4.78, 5) is 10.7.